The van der Waals surface area contributed by atoms with E-state index in [1.807, 2.05) is 30.3 Å². The number of nitrogens with zero attached hydrogens (tertiary/aromatic N) is 2. The van der Waals surface area contributed by atoms with Crippen molar-refractivity contribution in [1.82, 2.24) is 14.9 Å². The number of imidazole rings is 1. The Bertz CT molecular complexity index is 1170. The lowest BCUT2D eigenvalue weighted by atomic mass is 10.0. The fourth-order valence-electron chi connectivity index (χ4n) is 7.38. The molecule has 54 heavy (non-hydrogen) atoms. The summed E-state index contributed by atoms with van der Waals surface area (Å²) in [5.41, 5.74) is 1.55. The molecule has 0 spiro atoms. The standard InChI is InChI=1S/C47H79N3O4/c1-3-5-7-9-11-13-15-17-18-20-22-24-26-28-33-37-46(52)50(45(51)36-32-27-25-23-21-19-16-14-12-10-8-6-4-2)44(38-43-39-48-41-49-43)47(53)54-40-42-34-30-29-31-35-42/h29-31,34-35,39,41,44H,3-28,32-33,36-38,40H2,1-2H3,(H,48,49)/t44-/m0/s1. The molecule has 2 amide bonds. The third-order valence-corrected chi connectivity index (χ3v) is 10.8. The van der Waals surface area contributed by atoms with Crippen LogP contribution in [-0.2, 0) is 32.1 Å². The van der Waals surface area contributed by atoms with Gasteiger partial charge in [-0.15, -0.1) is 0 Å². The van der Waals surface area contributed by atoms with E-state index in [4.69, 9.17) is 4.74 Å². The van der Waals surface area contributed by atoms with Crippen molar-refractivity contribution in [2.45, 2.75) is 226 Å². The van der Waals surface area contributed by atoms with Crippen LogP contribution in [0.5, 0.6) is 0 Å². The zero-order chi connectivity index (χ0) is 38.7. The van der Waals surface area contributed by atoms with E-state index in [1.54, 1.807) is 12.5 Å². The van der Waals surface area contributed by atoms with Gasteiger partial charge in [0.2, 0.25) is 11.8 Å². The SMILES string of the molecule is CCCCCCCCCCCCCCCCCC(=O)N(C(=O)CCCCCCCCCCCCCCC)[C@@H](Cc1cnc[nH]1)C(=O)OCc1ccccc1. The predicted molar refractivity (Wildman–Crippen MR) is 224 cm³/mol. The van der Waals surface area contributed by atoms with Gasteiger partial charge in [0.05, 0.1) is 6.33 Å². The van der Waals surface area contributed by atoms with Gasteiger partial charge < -0.3 is 9.72 Å². The van der Waals surface area contributed by atoms with Crippen LogP contribution in [0.2, 0.25) is 0 Å². The monoisotopic (exact) mass is 750 g/mol. The van der Waals surface area contributed by atoms with Crippen LogP contribution in [0.1, 0.15) is 218 Å². The predicted octanol–water partition coefficient (Wildman–Crippen LogP) is 13.2. The van der Waals surface area contributed by atoms with Gasteiger partial charge in [0, 0.05) is 31.2 Å². The van der Waals surface area contributed by atoms with Crippen molar-refractivity contribution < 1.29 is 19.1 Å². The maximum atomic E-state index is 13.9. The number of H-pyrrole nitrogens is 1. The minimum absolute atomic E-state index is 0.0906. The highest BCUT2D eigenvalue weighted by molar-refractivity contribution is 5.99. The molecule has 7 heteroatoms. The van der Waals surface area contributed by atoms with Crippen LogP contribution in [0.4, 0.5) is 0 Å². The first kappa shape index (κ1) is 47.2. The summed E-state index contributed by atoms with van der Waals surface area (Å²) < 4.78 is 5.75. The molecule has 7 nitrogen and oxygen atoms in total. The van der Waals surface area contributed by atoms with Crippen LogP contribution in [0.15, 0.2) is 42.9 Å². The third-order valence-electron chi connectivity index (χ3n) is 10.8. The van der Waals surface area contributed by atoms with E-state index < -0.39 is 12.0 Å². The van der Waals surface area contributed by atoms with E-state index in [-0.39, 0.29) is 37.7 Å². The molecule has 1 aromatic carbocycles. The first-order valence-corrected chi connectivity index (χ1v) is 22.6. The van der Waals surface area contributed by atoms with Crippen molar-refractivity contribution >= 4 is 17.8 Å². The van der Waals surface area contributed by atoms with Gasteiger partial charge in [-0.2, -0.15) is 0 Å². The number of aromatic nitrogens is 2. The molecule has 0 bridgehead atoms. The third kappa shape index (κ3) is 23.7. The molecule has 0 saturated carbocycles. The Morgan fingerprint density at radius 1 is 0.574 bits per heavy atom. The van der Waals surface area contributed by atoms with E-state index in [9.17, 15) is 14.4 Å². The summed E-state index contributed by atoms with van der Waals surface area (Å²) in [6.45, 7) is 4.62. The summed E-state index contributed by atoms with van der Waals surface area (Å²) in [6.07, 6.45) is 38.5. The van der Waals surface area contributed by atoms with Gasteiger partial charge in [-0.05, 0) is 18.4 Å². The molecule has 0 aliphatic heterocycles. The Morgan fingerprint density at radius 2 is 0.963 bits per heavy atom. The lowest BCUT2D eigenvalue weighted by Crippen LogP contribution is -2.50. The number of hydrogen-bond donors (Lipinski definition) is 1. The van der Waals surface area contributed by atoms with E-state index >= 15 is 0 Å². The number of hydrogen-bond acceptors (Lipinski definition) is 5. The summed E-state index contributed by atoms with van der Waals surface area (Å²) in [6, 6.07) is 8.48. The van der Waals surface area contributed by atoms with Crippen molar-refractivity contribution in [2.75, 3.05) is 0 Å². The summed E-state index contributed by atoms with van der Waals surface area (Å²) in [4.78, 5) is 49.9. The summed E-state index contributed by atoms with van der Waals surface area (Å²) in [7, 11) is 0. The molecule has 1 atom stereocenters. The molecule has 0 aliphatic carbocycles. The van der Waals surface area contributed by atoms with Gasteiger partial charge in [-0.25, -0.2) is 9.78 Å². The van der Waals surface area contributed by atoms with Gasteiger partial charge in [-0.3, -0.25) is 14.5 Å². The van der Waals surface area contributed by atoms with Crippen molar-refractivity contribution in [3.05, 3.63) is 54.1 Å². The van der Waals surface area contributed by atoms with E-state index in [0.717, 1.165) is 44.1 Å². The Kier molecular flexibility index (Phi) is 29.2. The summed E-state index contributed by atoms with van der Waals surface area (Å²) in [5, 5.41) is 0. The number of carbonyl (C=O) groups is 3. The van der Waals surface area contributed by atoms with Gasteiger partial charge >= 0.3 is 5.97 Å². The molecule has 0 unspecified atom stereocenters. The Labute approximate surface area is 330 Å². The number of aromatic amines is 1. The van der Waals surface area contributed by atoms with Gasteiger partial charge in [-0.1, -0.05) is 211 Å². The second-order valence-corrected chi connectivity index (χ2v) is 15.7. The van der Waals surface area contributed by atoms with Crippen LogP contribution in [-0.4, -0.2) is 38.7 Å². The Balaban J connectivity index is 1.84. The maximum absolute atomic E-state index is 13.9. The molecule has 0 fully saturated rings. The maximum Gasteiger partial charge on any atom is 0.330 e. The highest BCUT2D eigenvalue weighted by atomic mass is 16.5. The number of benzene rings is 1. The van der Waals surface area contributed by atoms with Crippen LogP contribution in [0, 0.1) is 0 Å². The lowest BCUT2D eigenvalue weighted by molar-refractivity contribution is -0.162. The molecule has 0 saturated heterocycles. The molecule has 1 N–H and O–H groups in total. The second kappa shape index (κ2) is 33.4. The van der Waals surface area contributed by atoms with Crippen molar-refractivity contribution in [2.24, 2.45) is 0 Å². The van der Waals surface area contributed by atoms with Crippen LogP contribution in [0.25, 0.3) is 0 Å². The largest absolute Gasteiger partial charge is 0.459 e. The molecule has 306 valence electrons. The molecular formula is C47H79N3O4. The number of ether oxygens (including phenoxy) is 1. The lowest BCUT2D eigenvalue weighted by Gasteiger charge is -2.29. The van der Waals surface area contributed by atoms with Crippen molar-refractivity contribution in [1.29, 1.82) is 0 Å². The summed E-state index contributed by atoms with van der Waals surface area (Å²) in [5.74, 6) is -1.10. The molecule has 0 aliphatic rings. The molecule has 0 radical (unpaired) electrons. The number of unbranched alkanes of at least 4 members (excludes halogenated alkanes) is 26. The Hall–Kier alpha value is -2.96. The average molecular weight is 750 g/mol. The van der Waals surface area contributed by atoms with Gasteiger partial charge in [0.15, 0.2) is 0 Å². The Morgan fingerprint density at radius 3 is 1.33 bits per heavy atom. The zero-order valence-corrected chi connectivity index (χ0v) is 34.8. The normalized spacial score (nSPS) is 11.8. The zero-order valence-electron chi connectivity index (χ0n) is 34.8. The minimum atomic E-state index is -1.03. The number of rotatable bonds is 36. The molecule has 2 aromatic rings. The van der Waals surface area contributed by atoms with Crippen LogP contribution in [0.3, 0.4) is 0 Å². The molecular weight excluding hydrogens is 671 g/mol. The van der Waals surface area contributed by atoms with Gasteiger partial charge in [0.25, 0.3) is 0 Å². The summed E-state index contributed by atoms with van der Waals surface area (Å²) >= 11 is 0. The molecule has 1 heterocycles. The van der Waals surface area contributed by atoms with Gasteiger partial charge in [0.1, 0.15) is 12.6 Å². The minimum Gasteiger partial charge on any atom is -0.459 e. The number of imide groups is 1. The highest BCUT2D eigenvalue weighted by Gasteiger charge is 2.35. The average Bonchev–Trinajstić information content (AvgIpc) is 3.70. The highest BCUT2D eigenvalue weighted by Crippen LogP contribution is 2.20. The molecule has 1 aromatic heterocycles. The number of esters is 1. The quantitative estimate of drug-likeness (QED) is 0.0553. The number of amides is 2. The van der Waals surface area contributed by atoms with Crippen LogP contribution >= 0.6 is 0 Å². The fourth-order valence-corrected chi connectivity index (χ4v) is 7.38. The topological polar surface area (TPSA) is 92.4 Å². The fraction of sp³-hybridized carbons (Fsp3) is 0.745. The molecule has 2 rings (SSSR count). The number of carbonyl (C=O) groups excluding carboxylic acids is 3. The van der Waals surface area contributed by atoms with E-state index in [0.29, 0.717) is 5.69 Å². The second-order valence-electron chi connectivity index (χ2n) is 15.7. The number of nitrogens with one attached hydrogen (secondary N) is 1. The van der Waals surface area contributed by atoms with Crippen molar-refractivity contribution in [3.8, 4) is 0 Å². The van der Waals surface area contributed by atoms with E-state index in [2.05, 4.69) is 23.8 Å². The van der Waals surface area contributed by atoms with Crippen LogP contribution < -0.4 is 0 Å². The smallest absolute Gasteiger partial charge is 0.330 e. The van der Waals surface area contributed by atoms with Crippen molar-refractivity contribution in [3.63, 3.8) is 0 Å². The first-order valence-electron chi connectivity index (χ1n) is 22.6. The first-order chi connectivity index (χ1) is 26.6. The van der Waals surface area contributed by atoms with E-state index in [1.165, 1.54) is 146 Å².